The van der Waals surface area contributed by atoms with E-state index in [2.05, 4.69) is 31.4 Å². The molecule has 1 heterocycles. The summed E-state index contributed by atoms with van der Waals surface area (Å²) in [5.41, 5.74) is 1.30. The summed E-state index contributed by atoms with van der Waals surface area (Å²) in [6.45, 7) is 0. The number of benzene rings is 1. The number of sulfonamides is 1. The van der Waals surface area contributed by atoms with Crippen LogP contribution < -0.4 is 0 Å². The Balaban J connectivity index is 2.08. The van der Waals surface area contributed by atoms with Gasteiger partial charge in [-0.1, -0.05) is 16.4 Å². The molecule has 1 aromatic carbocycles. The first-order valence-electron chi connectivity index (χ1n) is 8.19. The lowest BCUT2D eigenvalue weighted by Gasteiger charge is -2.15. The summed E-state index contributed by atoms with van der Waals surface area (Å²) in [4.78, 5) is 0. The largest absolute Gasteiger partial charge is 0.411 e. The monoisotopic (exact) mass is 478 g/mol. The zero-order valence-electron chi connectivity index (χ0n) is 15.2. The number of hydrogen-bond donors (Lipinski definition) is 2. The lowest BCUT2D eigenvalue weighted by atomic mass is 10.0. The van der Waals surface area contributed by atoms with Crippen molar-refractivity contribution in [1.29, 1.82) is 0 Å². The predicted molar refractivity (Wildman–Crippen MR) is 102 cm³/mol. The first-order chi connectivity index (χ1) is 13.1. The summed E-state index contributed by atoms with van der Waals surface area (Å²) in [6.07, 6.45) is -0.724. The molecule has 0 saturated heterocycles. The molecule has 0 aliphatic carbocycles. The molecule has 0 spiro atoms. The van der Waals surface area contributed by atoms with E-state index in [0.717, 1.165) is 4.31 Å². The van der Waals surface area contributed by atoms with E-state index in [4.69, 9.17) is 4.63 Å². The van der Waals surface area contributed by atoms with Gasteiger partial charge in [-0.05, 0) is 51.6 Å². The molecule has 1 aromatic heterocycles. The van der Waals surface area contributed by atoms with Crippen LogP contribution in [0.25, 0.3) is 0 Å². The third-order valence-corrected chi connectivity index (χ3v) is 6.51. The molecule has 28 heavy (non-hydrogen) atoms. The van der Waals surface area contributed by atoms with E-state index in [-0.39, 0.29) is 35.1 Å². The lowest BCUT2D eigenvalue weighted by molar-refractivity contribution is 0.185. The number of rotatable bonds is 9. The number of halogens is 2. The van der Waals surface area contributed by atoms with Crippen LogP contribution in [-0.2, 0) is 22.9 Å². The number of aryl methyl sites for hydroxylation is 1. The standard InChI is InChI=1S/C16H20BrFN4O5S/c1-22(2)28(25,26)9-11(23)4-6-14-16(21-27-20-14)15(19-24)8-10-3-5-13(18)12(17)7-10/h3,5,7,11,23-24H,4,6,8-9H2,1-2H3/b19-15+. The topological polar surface area (TPSA) is 129 Å². The first kappa shape index (κ1) is 22.4. The van der Waals surface area contributed by atoms with Crippen LogP contribution in [0.5, 0.6) is 0 Å². The average molecular weight is 479 g/mol. The fourth-order valence-corrected chi connectivity index (χ4v) is 3.76. The van der Waals surface area contributed by atoms with Crippen LogP contribution in [0.4, 0.5) is 4.39 Å². The SMILES string of the molecule is CN(C)S(=O)(=O)CC(O)CCc1nonc1/C(Cc1ccc(F)c(Br)c1)=N/O. The summed E-state index contributed by atoms with van der Waals surface area (Å²) >= 11 is 3.09. The van der Waals surface area contributed by atoms with Crippen molar-refractivity contribution in [3.05, 3.63) is 45.4 Å². The van der Waals surface area contributed by atoms with Crippen molar-refractivity contribution in [3.8, 4) is 0 Å². The molecule has 0 bridgehead atoms. The summed E-state index contributed by atoms with van der Waals surface area (Å²) < 4.78 is 43.0. The predicted octanol–water partition coefficient (Wildman–Crippen LogP) is 1.58. The molecule has 0 aliphatic heterocycles. The molecule has 0 radical (unpaired) electrons. The van der Waals surface area contributed by atoms with Gasteiger partial charge in [-0.25, -0.2) is 21.7 Å². The Kier molecular flexibility index (Phi) is 7.63. The minimum absolute atomic E-state index is 0.0923. The van der Waals surface area contributed by atoms with Gasteiger partial charge in [0.05, 0.1) is 16.3 Å². The van der Waals surface area contributed by atoms with Gasteiger partial charge in [0, 0.05) is 20.5 Å². The third kappa shape index (κ3) is 5.80. The van der Waals surface area contributed by atoms with E-state index in [1.54, 1.807) is 6.07 Å². The van der Waals surface area contributed by atoms with Gasteiger partial charge in [-0.2, -0.15) is 0 Å². The summed E-state index contributed by atoms with van der Waals surface area (Å²) in [5, 5.41) is 30.1. The normalized spacial score (nSPS) is 13.9. The second-order valence-electron chi connectivity index (χ2n) is 6.28. The fourth-order valence-electron chi connectivity index (χ4n) is 2.38. The molecule has 0 amide bonds. The highest BCUT2D eigenvalue weighted by Gasteiger charge is 2.22. The number of nitrogens with zero attached hydrogens (tertiary/aromatic N) is 4. The molecule has 0 fully saturated rings. The van der Waals surface area contributed by atoms with E-state index in [1.165, 1.54) is 26.2 Å². The maximum atomic E-state index is 13.4. The fraction of sp³-hybridized carbons (Fsp3) is 0.438. The van der Waals surface area contributed by atoms with Crippen LogP contribution in [0.2, 0.25) is 0 Å². The molecule has 1 unspecified atom stereocenters. The van der Waals surface area contributed by atoms with Crippen molar-refractivity contribution in [2.45, 2.75) is 25.4 Å². The Bertz CT molecular complexity index is 948. The molecular weight excluding hydrogens is 459 g/mol. The van der Waals surface area contributed by atoms with Gasteiger partial charge in [0.1, 0.15) is 17.2 Å². The van der Waals surface area contributed by atoms with Crippen LogP contribution >= 0.6 is 15.9 Å². The molecular formula is C16H20BrFN4O5S. The number of aromatic nitrogens is 2. The van der Waals surface area contributed by atoms with Crippen LogP contribution in [0.1, 0.15) is 23.4 Å². The van der Waals surface area contributed by atoms with E-state index >= 15 is 0 Å². The quantitative estimate of drug-likeness (QED) is 0.317. The zero-order valence-corrected chi connectivity index (χ0v) is 17.6. The van der Waals surface area contributed by atoms with Crippen molar-refractivity contribution in [2.75, 3.05) is 19.8 Å². The van der Waals surface area contributed by atoms with Crippen LogP contribution in [0.3, 0.4) is 0 Å². The third-order valence-electron chi connectivity index (χ3n) is 3.98. The number of aliphatic hydroxyl groups is 1. The minimum atomic E-state index is -3.54. The second kappa shape index (κ2) is 9.54. The highest BCUT2D eigenvalue weighted by molar-refractivity contribution is 9.10. The van der Waals surface area contributed by atoms with Gasteiger partial charge in [0.25, 0.3) is 0 Å². The van der Waals surface area contributed by atoms with Gasteiger partial charge >= 0.3 is 0 Å². The summed E-state index contributed by atoms with van der Waals surface area (Å²) in [5.74, 6) is -0.845. The Morgan fingerprint density at radius 2 is 2.11 bits per heavy atom. The lowest BCUT2D eigenvalue weighted by Crippen LogP contribution is -2.31. The maximum Gasteiger partial charge on any atom is 0.216 e. The molecule has 12 heteroatoms. The number of aliphatic hydroxyl groups excluding tert-OH is 1. The van der Waals surface area contributed by atoms with Gasteiger partial charge < -0.3 is 10.3 Å². The van der Waals surface area contributed by atoms with Crippen molar-refractivity contribution in [1.82, 2.24) is 14.6 Å². The first-order valence-corrected chi connectivity index (χ1v) is 10.6. The second-order valence-corrected chi connectivity index (χ2v) is 9.37. The van der Waals surface area contributed by atoms with Gasteiger partial charge in [0.2, 0.25) is 10.0 Å². The van der Waals surface area contributed by atoms with Crippen molar-refractivity contribution in [2.24, 2.45) is 5.16 Å². The van der Waals surface area contributed by atoms with Gasteiger partial charge in [-0.3, -0.25) is 0 Å². The van der Waals surface area contributed by atoms with Crippen molar-refractivity contribution >= 4 is 31.7 Å². The molecule has 0 aliphatic rings. The van der Waals surface area contributed by atoms with E-state index in [9.17, 15) is 23.1 Å². The molecule has 2 N–H and O–H groups in total. The summed E-state index contributed by atoms with van der Waals surface area (Å²) in [6, 6.07) is 4.36. The van der Waals surface area contributed by atoms with Crippen LogP contribution in [-0.4, -0.2) is 65.0 Å². The van der Waals surface area contributed by atoms with Crippen LogP contribution in [0.15, 0.2) is 32.5 Å². The van der Waals surface area contributed by atoms with E-state index in [1.807, 2.05) is 0 Å². The Morgan fingerprint density at radius 1 is 1.39 bits per heavy atom. The zero-order chi connectivity index (χ0) is 20.9. The van der Waals surface area contributed by atoms with Crippen LogP contribution in [0, 0.1) is 5.82 Å². The Hall–Kier alpha value is -1.89. The highest BCUT2D eigenvalue weighted by Crippen LogP contribution is 2.19. The smallest absolute Gasteiger partial charge is 0.216 e. The molecule has 2 rings (SSSR count). The molecule has 1 atom stereocenters. The molecule has 154 valence electrons. The van der Waals surface area contributed by atoms with E-state index < -0.39 is 27.7 Å². The van der Waals surface area contributed by atoms with Crippen molar-refractivity contribution in [3.63, 3.8) is 0 Å². The van der Waals surface area contributed by atoms with E-state index in [0.29, 0.717) is 11.3 Å². The Labute approximate surface area is 170 Å². The Morgan fingerprint density at radius 3 is 2.71 bits per heavy atom. The van der Waals surface area contributed by atoms with Gasteiger partial charge in [-0.15, -0.1) is 0 Å². The minimum Gasteiger partial charge on any atom is -0.411 e. The number of hydrogen-bond acceptors (Lipinski definition) is 8. The molecule has 9 nitrogen and oxygen atoms in total. The molecule has 2 aromatic rings. The van der Waals surface area contributed by atoms with Crippen molar-refractivity contribution < 1.29 is 27.8 Å². The van der Waals surface area contributed by atoms with Gasteiger partial charge in [0.15, 0.2) is 5.69 Å². The summed E-state index contributed by atoms with van der Waals surface area (Å²) in [7, 11) is -0.766. The average Bonchev–Trinajstić information content (AvgIpc) is 3.08. The molecule has 0 saturated carbocycles. The highest BCUT2D eigenvalue weighted by atomic mass is 79.9. The maximum absolute atomic E-state index is 13.4. The number of oxime groups is 1.